The smallest absolute Gasteiger partial charge is 0.330 e. The highest BCUT2D eigenvalue weighted by molar-refractivity contribution is 5.98. The van der Waals surface area contributed by atoms with Gasteiger partial charge in [0.1, 0.15) is 12.3 Å². The lowest BCUT2D eigenvalue weighted by Gasteiger charge is -2.06. The van der Waals surface area contributed by atoms with Crippen LogP contribution in [0.1, 0.15) is 15.9 Å². The van der Waals surface area contributed by atoms with E-state index in [0.29, 0.717) is 11.3 Å². The zero-order chi connectivity index (χ0) is 16.2. The van der Waals surface area contributed by atoms with Crippen LogP contribution in [-0.2, 0) is 4.79 Å². The zero-order valence-electron chi connectivity index (χ0n) is 12.5. The number of H-pyrrole nitrogens is 1. The average molecular weight is 309 g/mol. The summed E-state index contributed by atoms with van der Waals surface area (Å²) in [6, 6.07) is 12.2. The first-order valence-electron chi connectivity index (χ1n) is 7.10. The molecule has 1 heterocycles. The molecule has 1 amide bonds. The molecule has 2 aromatic carbocycles. The van der Waals surface area contributed by atoms with Gasteiger partial charge in [-0.25, -0.2) is 9.78 Å². The predicted molar refractivity (Wildman–Crippen MR) is 85.2 cm³/mol. The number of aromatic amines is 1. The van der Waals surface area contributed by atoms with E-state index in [9.17, 15) is 9.59 Å². The first-order valence-corrected chi connectivity index (χ1v) is 7.10. The highest BCUT2D eigenvalue weighted by Gasteiger charge is 2.10. The number of fused-ring (bicyclic) bond motifs is 1. The van der Waals surface area contributed by atoms with Gasteiger partial charge in [-0.3, -0.25) is 4.79 Å². The normalized spacial score (nSPS) is 10.5. The summed E-state index contributed by atoms with van der Waals surface area (Å²) in [4.78, 5) is 30.8. The van der Waals surface area contributed by atoms with Gasteiger partial charge in [0.2, 0.25) is 0 Å². The molecular formula is C17H15N3O3. The quantitative estimate of drug-likeness (QED) is 0.571. The van der Waals surface area contributed by atoms with Crippen molar-refractivity contribution in [2.75, 3.05) is 6.54 Å². The van der Waals surface area contributed by atoms with E-state index < -0.39 is 5.97 Å². The lowest BCUT2D eigenvalue weighted by Crippen LogP contribution is -2.31. The molecule has 0 atom stereocenters. The van der Waals surface area contributed by atoms with Crippen LogP contribution in [0.4, 0.5) is 0 Å². The van der Waals surface area contributed by atoms with Gasteiger partial charge in [-0.1, -0.05) is 17.7 Å². The van der Waals surface area contributed by atoms with Crippen LogP contribution >= 0.6 is 0 Å². The zero-order valence-corrected chi connectivity index (χ0v) is 12.5. The first kappa shape index (κ1) is 14.8. The summed E-state index contributed by atoms with van der Waals surface area (Å²) in [7, 11) is 0. The molecule has 23 heavy (non-hydrogen) atoms. The molecule has 0 aliphatic heterocycles. The fourth-order valence-corrected chi connectivity index (χ4v) is 2.11. The number of aromatic nitrogens is 2. The average Bonchev–Trinajstić information content (AvgIpc) is 3.02. The molecule has 2 N–H and O–H groups in total. The highest BCUT2D eigenvalue weighted by atomic mass is 16.5. The van der Waals surface area contributed by atoms with E-state index in [1.54, 1.807) is 36.7 Å². The monoisotopic (exact) mass is 309 g/mol. The van der Waals surface area contributed by atoms with Crippen molar-refractivity contribution in [3.05, 3.63) is 59.9 Å². The summed E-state index contributed by atoms with van der Waals surface area (Å²) >= 11 is 0. The Bertz CT molecular complexity index is 853. The van der Waals surface area contributed by atoms with Crippen molar-refractivity contribution < 1.29 is 14.3 Å². The Kier molecular flexibility index (Phi) is 4.05. The molecular weight excluding hydrogens is 294 g/mol. The number of amides is 1. The number of aryl methyl sites for hydroxylation is 1. The molecule has 3 aromatic rings. The van der Waals surface area contributed by atoms with Crippen LogP contribution < -0.4 is 10.1 Å². The van der Waals surface area contributed by atoms with Crippen molar-refractivity contribution in [3.63, 3.8) is 0 Å². The Hall–Kier alpha value is -3.15. The predicted octanol–water partition coefficient (Wildman–Crippen LogP) is 2.21. The van der Waals surface area contributed by atoms with E-state index in [2.05, 4.69) is 15.3 Å². The second-order valence-corrected chi connectivity index (χ2v) is 5.10. The van der Waals surface area contributed by atoms with Gasteiger partial charge in [-0.2, -0.15) is 0 Å². The Morgan fingerprint density at radius 2 is 1.96 bits per heavy atom. The van der Waals surface area contributed by atoms with Gasteiger partial charge < -0.3 is 15.0 Å². The Labute approximate surface area is 132 Å². The fourth-order valence-electron chi connectivity index (χ4n) is 2.11. The Balaban J connectivity index is 1.57. The lowest BCUT2D eigenvalue weighted by atomic mass is 10.2. The van der Waals surface area contributed by atoms with Crippen molar-refractivity contribution in [2.24, 2.45) is 0 Å². The number of hydrogen-bond acceptors (Lipinski definition) is 4. The summed E-state index contributed by atoms with van der Waals surface area (Å²) in [5.41, 5.74) is 3.07. The Morgan fingerprint density at radius 3 is 2.74 bits per heavy atom. The summed E-state index contributed by atoms with van der Waals surface area (Å²) in [5.74, 6) is -0.416. The summed E-state index contributed by atoms with van der Waals surface area (Å²) in [6.45, 7) is 1.75. The molecule has 3 rings (SSSR count). The molecule has 0 radical (unpaired) electrons. The van der Waals surface area contributed by atoms with Crippen LogP contribution in [0.2, 0.25) is 0 Å². The first-order chi connectivity index (χ1) is 11.1. The van der Waals surface area contributed by atoms with Gasteiger partial charge >= 0.3 is 5.97 Å². The second-order valence-electron chi connectivity index (χ2n) is 5.10. The Morgan fingerprint density at radius 1 is 1.17 bits per heavy atom. The summed E-state index contributed by atoms with van der Waals surface area (Å²) < 4.78 is 5.14. The minimum atomic E-state index is -0.523. The van der Waals surface area contributed by atoms with E-state index in [4.69, 9.17) is 4.74 Å². The molecule has 116 valence electrons. The van der Waals surface area contributed by atoms with Crippen LogP contribution in [0.5, 0.6) is 5.75 Å². The maximum Gasteiger partial charge on any atom is 0.330 e. The largest absolute Gasteiger partial charge is 0.425 e. The van der Waals surface area contributed by atoms with Gasteiger partial charge in [0.25, 0.3) is 5.91 Å². The van der Waals surface area contributed by atoms with Crippen molar-refractivity contribution in [3.8, 4) is 5.75 Å². The van der Waals surface area contributed by atoms with Gasteiger partial charge in [-0.15, -0.1) is 0 Å². The van der Waals surface area contributed by atoms with Crippen molar-refractivity contribution in [2.45, 2.75) is 6.92 Å². The molecule has 6 nitrogen and oxygen atoms in total. The van der Waals surface area contributed by atoms with E-state index in [-0.39, 0.29) is 12.5 Å². The number of ether oxygens (including phenoxy) is 1. The van der Waals surface area contributed by atoms with Crippen molar-refractivity contribution in [1.29, 1.82) is 0 Å². The maximum absolute atomic E-state index is 12.1. The second kappa shape index (κ2) is 6.31. The number of benzene rings is 2. The molecule has 0 fully saturated rings. The van der Waals surface area contributed by atoms with Crippen LogP contribution in [-0.4, -0.2) is 28.4 Å². The number of nitrogens with zero attached hydrogens (tertiary/aromatic N) is 1. The number of carbonyl (C=O) groups excluding carboxylic acids is 2. The van der Waals surface area contributed by atoms with Gasteiger partial charge in [0.15, 0.2) is 0 Å². The topological polar surface area (TPSA) is 84.1 Å². The molecule has 0 saturated heterocycles. The van der Waals surface area contributed by atoms with Crippen LogP contribution in [0.25, 0.3) is 11.0 Å². The minimum Gasteiger partial charge on any atom is -0.425 e. The molecule has 0 saturated carbocycles. The molecule has 1 aromatic heterocycles. The standard InChI is InChI=1S/C17H15N3O3/c1-11-2-5-13(6-3-11)23-16(21)9-18-17(22)12-4-7-14-15(8-12)20-10-19-14/h2-8,10H,9H2,1H3,(H,18,22)(H,19,20). The summed E-state index contributed by atoms with van der Waals surface area (Å²) in [6.07, 6.45) is 1.56. The minimum absolute atomic E-state index is 0.201. The van der Waals surface area contributed by atoms with Gasteiger partial charge in [0, 0.05) is 5.56 Å². The SMILES string of the molecule is Cc1ccc(OC(=O)CNC(=O)c2ccc3nc[nH]c3c2)cc1. The molecule has 0 spiro atoms. The summed E-state index contributed by atoms with van der Waals surface area (Å²) in [5, 5.41) is 2.54. The number of rotatable bonds is 4. The van der Waals surface area contributed by atoms with E-state index in [1.807, 2.05) is 19.1 Å². The molecule has 0 bridgehead atoms. The fraction of sp³-hybridized carbons (Fsp3) is 0.118. The molecule has 0 aliphatic rings. The molecule has 6 heteroatoms. The molecule has 0 unspecified atom stereocenters. The van der Waals surface area contributed by atoms with Crippen LogP contribution in [0.3, 0.4) is 0 Å². The van der Waals surface area contributed by atoms with E-state index >= 15 is 0 Å². The number of esters is 1. The number of carbonyl (C=O) groups is 2. The number of imidazole rings is 1. The molecule has 0 aliphatic carbocycles. The highest BCUT2D eigenvalue weighted by Crippen LogP contribution is 2.12. The number of hydrogen-bond donors (Lipinski definition) is 2. The van der Waals surface area contributed by atoms with Gasteiger partial charge in [-0.05, 0) is 37.3 Å². The van der Waals surface area contributed by atoms with Gasteiger partial charge in [0.05, 0.1) is 17.4 Å². The van der Waals surface area contributed by atoms with Crippen molar-refractivity contribution in [1.82, 2.24) is 15.3 Å². The number of nitrogens with one attached hydrogen (secondary N) is 2. The van der Waals surface area contributed by atoms with Crippen LogP contribution in [0.15, 0.2) is 48.8 Å². The van der Waals surface area contributed by atoms with E-state index in [0.717, 1.165) is 16.6 Å². The third kappa shape index (κ3) is 3.55. The van der Waals surface area contributed by atoms with E-state index in [1.165, 1.54) is 0 Å². The van der Waals surface area contributed by atoms with Crippen LogP contribution in [0, 0.1) is 6.92 Å². The third-order valence-electron chi connectivity index (χ3n) is 3.33. The third-order valence-corrected chi connectivity index (χ3v) is 3.33. The maximum atomic E-state index is 12.1. The van der Waals surface area contributed by atoms with Crippen molar-refractivity contribution >= 4 is 22.9 Å². The lowest BCUT2D eigenvalue weighted by molar-refractivity contribution is -0.133.